The minimum atomic E-state index is 0.0715. The van der Waals surface area contributed by atoms with Gasteiger partial charge in [0.15, 0.2) is 5.76 Å². The van der Waals surface area contributed by atoms with E-state index in [0.717, 1.165) is 39.1 Å². The first-order chi connectivity index (χ1) is 17.2. The van der Waals surface area contributed by atoms with Crippen LogP contribution in [0, 0.1) is 11.3 Å². The van der Waals surface area contributed by atoms with Gasteiger partial charge in [-0.3, -0.25) is 14.6 Å². The molecule has 35 heavy (non-hydrogen) atoms. The smallest absolute Gasteiger partial charge is 0.266 e. The molecule has 0 aromatic carbocycles. The summed E-state index contributed by atoms with van der Waals surface area (Å²) < 4.78 is 16.8. The van der Waals surface area contributed by atoms with E-state index in [2.05, 4.69) is 26.2 Å². The highest BCUT2D eigenvalue weighted by atomic mass is 16.5. The average molecular weight is 483 g/mol. The zero-order chi connectivity index (χ0) is 24.1. The van der Waals surface area contributed by atoms with Crippen LogP contribution in [0.5, 0.6) is 0 Å². The standard InChI is InChI=1S/C25H34N6O4/c26-17-20-24(35-23(28-20)21-5-4-14-34-21)30-10-8-29(9-11-30)18-22(32)27-19-25(6-2-1-3-7-25)31-12-15-33-16-13-31/h4-5,14H,1-3,6-13,15-16,18-19H2,(H,27,32). The van der Waals surface area contributed by atoms with Crippen molar-refractivity contribution in [3.8, 4) is 17.7 Å². The van der Waals surface area contributed by atoms with E-state index in [9.17, 15) is 10.1 Å². The summed E-state index contributed by atoms with van der Waals surface area (Å²) in [6, 6.07) is 5.63. The topological polar surface area (TPSA) is 111 Å². The van der Waals surface area contributed by atoms with Crippen molar-refractivity contribution in [3.05, 3.63) is 24.1 Å². The van der Waals surface area contributed by atoms with E-state index in [4.69, 9.17) is 13.6 Å². The van der Waals surface area contributed by atoms with Gasteiger partial charge < -0.3 is 23.8 Å². The number of carbonyl (C=O) groups is 1. The molecule has 2 aromatic rings. The second-order valence-electron chi connectivity index (χ2n) is 9.69. The van der Waals surface area contributed by atoms with Crippen LogP contribution in [0.1, 0.15) is 37.8 Å². The molecule has 3 fully saturated rings. The summed E-state index contributed by atoms with van der Waals surface area (Å²) in [6.45, 7) is 7.30. The molecule has 0 radical (unpaired) electrons. The second-order valence-corrected chi connectivity index (χ2v) is 9.69. The number of hydrogen-bond acceptors (Lipinski definition) is 9. The number of rotatable bonds is 7. The molecule has 3 aliphatic rings. The molecule has 10 nitrogen and oxygen atoms in total. The van der Waals surface area contributed by atoms with Crippen molar-refractivity contribution in [1.82, 2.24) is 20.1 Å². The first-order valence-electron chi connectivity index (χ1n) is 12.7. The van der Waals surface area contributed by atoms with Crippen LogP contribution >= 0.6 is 0 Å². The maximum atomic E-state index is 12.9. The van der Waals surface area contributed by atoms with Gasteiger partial charge in [-0.1, -0.05) is 19.3 Å². The number of ether oxygens (including phenoxy) is 1. The van der Waals surface area contributed by atoms with Crippen LogP contribution in [-0.4, -0.2) is 91.8 Å². The van der Waals surface area contributed by atoms with Crippen molar-refractivity contribution in [2.75, 3.05) is 70.5 Å². The molecule has 1 amide bonds. The third kappa shape index (κ3) is 5.37. The number of carbonyl (C=O) groups excluding carboxylic acids is 1. The molecule has 4 heterocycles. The number of aromatic nitrogens is 1. The van der Waals surface area contributed by atoms with Crippen molar-refractivity contribution < 1.29 is 18.4 Å². The van der Waals surface area contributed by atoms with Gasteiger partial charge in [0.25, 0.3) is 5.89 Å². The van der Waals surface area contributed by atoms with Crippen molar-refractivity contribution in [3.63, 3.8) is 0 Å². The van der Waals surface area contributed by atoms with Crippen LogP contribution in [0.3, 0.4) is 0 Å². The Bertz CT molecular complexity index is 1010. The summed E-state index contributed by atoms with van der Waals surface area (Å²) in [4.78, 5) is 23.9. The Labute approximate surface area is 205 Å². The van der Waals surface area contributed by atoms with E-state index in [1.165, 1.54) is 19.3 Å². The van der Waals surface area contributed by atoms with E-state index in [0.29, 0.717) is 56.8 Å². The molecular formula is C25H34N6O4. The van der Waals surface area contributed by atoms with Gasteiger partial charge in [0.05, 0.1) is 26.0 Å². The second kappa shape index (κ2) is 10.8. The Morgan fingerprint density at radius 1 is 1.11 bits per heavy atom. The maximum Gasteiger partial charge on any atom is 0.266 e. The van der Waals surface area contributed by atoms with Crippen LogP contribution < -0.4 is 10.2 Å². The Kier molecular flexibility index (Phi) is 7.37. The number of nitrogens with zero attached hydrogens (tertiary/aromatic N) is 5. The first kappa shape index (κ1) is 23.9. The molecule has 188 valence electrons. The van der Waals surface area contributed by atoms with Gasteiger partial charge in [0.2, 0.25) is 17.5 Å². The summed E-state index contributed by atoms with van der Waals surface area (Å²) in [5.74, 6) is 1.35. The monoisotopic (exact) mass is 482 g/mol. The lowest BCUT2D eigenvalue weighted by molar-refractivity contribution is -0.123. The molecule has 5 rings (SSSR count). The lowest BCUT2D eigenvalue weighted by Crippen LogP contribution is -2.60. The Morgan fingerprint density at radius 3 is 2.57 bits per heavy atom. The van der Waals surface area contributed by atoms with Crippen LogP contribution in [-0.2, 0) is 9.53 Å². The number of piperazine rings is 1. The number of oxazole rings is 1. The highest BCUT2D eigenvalue weighted by molar-refractivity contribution is 5.78. The Morgan fingerprint density at radius 2 is 1.89 bits per heavy atom. The molecule has 1 aliphatic carbocycles. The van der Waals surface area contributed by atoms with Crippen molar-refractivity contribution in [2.24, 2.45) is 0 Å². The predicted octanol–water partition coefficient (Wildman–Crippen LogP) is 2.08. The van der Waals surface area contributed by atoms with Gasteiger partial charge in [-0.05, 0) is 25.0 Å². The van der Waals surface area contributed by atoms with Crippen molar-refractivity contribution in [2.45, 2.75) is 37.6 Å². The van der Waals surface area contributed by atoms with Crippen LogP contribution in [0.2, 0.25) is 0 Å². The summed E-state index contributed by atoms with van der Waals surface area (Å²) in [6.07, 6.45) is 7.57. The number of amides is 1. The molecule has 2 saturated heterocycles. The highest BCUT2D eigenvalue weighted by Crippen LogP contribution is 2.34. The van der Waals surface area contributed by atoms with Crippen LogP contribution in [0.4, 0.5) is 5.88 Å². The zero-order valence-corrected chi connectivity index (χ0v) is 20.2. The quantitative estimate of drug-likeness (QED) is 0.634. The molecule has 0 bridgehead atoms. The number of morpholine rings is 1. The highest BCUT2D eigenvalue weighted by Gasteiger charge is 2.39. The van der Waals surface area contributed by atoms with Crippen molar-refractivity contribution >= 4 is 11.8 Å². The number of furan rings is 1. The zero-order valence-electron chi connectivity index (χ0n) is 20.2. The largest absolute Gasteiger partial charge is 0.459 e. The number of nitrogens with one attached hydrogen (secondary N) is 1. The van der Waals surface area contributed by atoms with Gasteiger partial charge in [0.1, 0.15) is 6.07 Å². The van der Waals surface area contributed by atoms with Crippen molar-refractivity contribution in [1.29, 1.82) is 5.26 Å². The summed E-state index contributed by atoms with van der Waals surface area (Å²) in [5, 5.41) is 12.8. The lowest BCUT2D eigenvalue weighted by Gasteiger charge is -2.48. The molecule has 1 saturated carbocycles. The normalized spacial score (nSPS) is 21.5. The first-order valence-corrected chi connectivity index (χ1v) is 12.7. The Hall–Kier alpha value is -2.87. The third-order valence-electron chi connectivity index (χ3n) is 7.55. The van der Waals surface area contributed by atoms with Gasteiger partial charge in [-0.15, -0.1) is 0 Å². The van der Waals surface area contributed by atoms with Crippen LogP contribution in [0.15, 0.2) is 27.2 Å². The molecule has 10 heteroatoms. The number of anilines is 1. The maximum absolute atomic E-state index is 12.9. The summed E-state index contributed by atoms with van der Waals surface area (Å²) >= 11 is 0. The summed E-state index contributed by atoms with van der Waals surface area (Å²) in [5.41, 5.74) is 0.325. The summed E-state index contributed by atoms with van der Waals surface area (Å²) in [7, 11) is 0. The van der Waals surface area contributed by atoms with E-state index in [-0.39, 0.29) is 17.1 Å². The molecule has 1 N–H and O–H groups in total. The van der Waals surface area contributed by atoms with E-state index in [1.54, 1.807) is 18.4 Å². The van der Waals surface area contributed by atoms with Crippen LogP contribution in [0.25, 0.3) is 11.7 Å². The molecule has 2 aliphatic heterocycles. The van der Waals surface area contributed by atoms with E-state index < -0.39 is 0 Å². The SMILES string of the molecule is N#Cc1nc(-c2ccco2)oc1N1CCN(CC(=O)NCC2(N3CCOCC3)CCCCC2)CC1. The molecule has 0 unspecified atom stereocenters. The van der Waals surface area contributed by atoms with E-state index >= 15 is 0 Å². The number of hydrogen-bond donors (Lipinski definition) is 1. The minimum absolute atomic E-state index is 0.0715. The molecule has 2 aromatic heterocycles. The molecule has 0 atom stereocenters. The molecular weight excluding hydrogens is 448 g/mol. The minimum Gasteiger partial charge on any atom is -0.459 e. The van der Waals surface area contributed by atoms with Gasteiger partial charge >= 0.3 is 0 Å². The number of nitriles is 1. The Balaban J connectivity index is 1.13. The fourth-order valence-corrected chi connectivity index (χ4v) is 5.59. The molecule has 0 spiro atoms. The fourth-order valence-electron chi connectivity index (χ4n) is 5.59. The lowest BCUT2D eigenvalue weighted by atomic mass is 9.79. The van der Waals surface area contributed by atoms with Gasteiger partial charge in [0, 0.05) is 51.4 Å². The van der Waals surface area contributed by atoms with E-state index in [1.807, 2.05) is 4.90 Å². The third-order valence-corrected chi connectivity index (χ3v) is 7.55. The fraction of sp³-hybridized carbons (Fsp3) is 0.640. The van der Waals surface area contributed by atoms with Gasteiger partial charge in [-0.2, -0.15) is 10.2 Å². The van der Waals surface area contributed by atoms with Gasteiger partial charge in [-0.25, -0.2) is 0 Å². The predicted molar refractivity (Wildman–Crippen MR) is 129 cm³/mol. The average Bonchev–Trinajstić information content (AvgIpc) is 3.59.